The van der Waals surface area contributed by atoms with Gasteiger partial charge in [0.2, 0.25) is 0 Å². The van der Waals surface area contributed by atoms with E-state index in [1.807, 2.05) is 13.8 Å². The molecular weight excluding hydrogens is 241 g/mol. The molecule has 0 saturated carbocycles. The third-order valence-electron chi connectivity index (χ3n) is 3.16. The maximum atomic E-state index is 12.4. The van der Waals surface area contributed by atoms with Crippen LogP contribution in [0.5, 0.6) is 0 Å². The molecule has 0 spiro atoms. The van der Waals surface area contributed by atoms with Crippen LogP contribution < -0.4 is 0 Å². The molecule has 0 amide bonds. The second-order valence-corrected chi connectivity index (χ2v) is 4.38. The number of carbonyl (C=O) groups is 1. The van der Waals surface area contributed by atoms with E-state index in [4.69, 9.17) is 0 Å². The van der Waals surface area contributed by atoms with Crippen LogP contribution in [0.15, 0.2) is 24.3 Å². The third kappa shape index (κ3) is 3.86. The van der Waals surface area contributed by atoms with Crippen molar-refractivity contribution in [2.24, 2.45) is 5.92 Å². The molecule has 4 heteroatoms. The van der Waals surface area contributed by atoms with E-state index >= 15 is 0 Å². The summed E-state index contributed by atoms with van der Waals surface area (Å²) < 4.78 is 37.1. The van der Waals surface area contributed by atoms with Gasteiger partial charge < -0.3 is 0 Å². The van der Waals surface area contributed by atoms with Gasteiger partial charge in [-0.2, -0.15) is 13.2 Å². The monoisotopic (exact) mass is 258 g/mol. The van der Waals surface area contributed by atoms with E-state index < -0.39 is 11.7 Å². The Morgan fingerprint density at radius 3 is 2.00 bits per heavy atom. The van der Waals surface area contributed by atoms with E-state index in [0.717, 1.165) is 25.0 Å². The van der Waals surface area contributed by atoms with Crippen molar-refractivity contribution in [1.82, 2.24) is 0 Å². The summed E-state index contributed by atoms with van der Waals surface area (Å²) in [6, 6.07) is 4.43. The number of halogens is 3. The van der Waals surface area contributed by atoms with Gasteiger partial charge in [0.05, 0.1) is 5.56 Å². The predicted molar refractivity (Wildman–Crippen MR) is 64.5 cm³/mol. The fourth-order valence-corrected chi connectivity index (χ4v) is 1.80. The van der Waals surface area contributed by atoms with Crippen molar-refractivity contribution in [1.29, 1.82) is 0 Å². The lowest BCUT2D eigenvalue weighted by molar-refractivity contribution is -0.137. The second kappa shape index (κ2) is 6.03. The lowest BCUT2D eigenvalue weighted by Crippen LogP contribution is -2.09. The molecule has 0 unspecified atom stereocenters. The summed E-state index contributed by atoms with van der Waals surface area (Å²) in [5.74, 6) is 0.220. The molecule has 0 radical (unpaired) electrons. The van der Waals surface area contributed by atoms with Gasteiger partial charge in [0.25, 0.3) is 0 Å². The highest BCUT2D eigenvalue weighted by atomic mass is 19.4. The predicted octanol–water partition coefficient (Wildman–Crippen LogP) is 4.71. The summed E-state index contributed by atoms with van der Waals surface area (Å²) in [6.45, 7) is 4.02. The molecule has 0 heterocycles. The average molecular weight is 258 g/mol. The quantitative estimate of drug-likeness (QED) is 0.699. The van der Waals surface area contributed by atoms with E-state index in [1.165, 1.54) is 12.1 Å². The summed E-state index contributed by atoms with van der Waals surface area (Å²) in [7, 11) is 0. The van der Waals surface area contributed by atoms with Crippen molar-refractivity contribution in [3.63, 3.8) is 0 Å². The van der Waals surface area contributed by atoms with E-state index in [1.54, 1.807) is 0 Å². The van der Waals surface area contributed by atoms with Gasteiger partial charge in [-0.25, -0.2) is 0 Å². The molecule has 0 aliphatic rings. The first kappa shape index (κ1) is 14.7. The molecule has 1 aromatic rings. The summed E-state index contributed by atoms with van der Waals surface area (Å²) >= 11 is 0. The summed E-state index contributed by atoms with van der Waals surface area (Å²) in [4.78, 5) is 11.9. The molecule has 0 aliphatic heterocycles. The number of Topliss-reactive ketones (excluding diaryl/α,β-unsaturated/α-hetero) is 1. The normalized spacial score (nSPS) is 11.9. The van der Waals surface area contributed by atoms with Gasteiger partial charge in [0, 0.05) is 12.0 Å². The maximum absolute atomic E-state index is 12.4. The minimum absolute atomic E-state index is 0.0857. The van der Waals surface area contributed by atoms with Crippen molar-refractivity contribution in [3.05, 3.63) is 35.4 Å². The molecule has 0 aliphatic carbocycles. The summed E-state index contributed by atoms with van der Waals surface area (Å²) in [5, 5.41) is 0. The molecule has 0 atom stereocenters. The Kier molecular flexibility index (Phi) is 4.93. The molecule has 18 heavy (non-hydrogen) atoms. The van der Waals surface area contributed by atoms with Crippen LogP contribution in [0.25, 0.3) is 0 Å². The molecule has 0 bridgehead atoms. The number of rotatable bonds is 5. The molecule has 1 aromatic carbocycles. The van der Waals surface area contributed by atoms with Crippen molar-refractivity contribution >= 4 is 5.78 Å². The van der Waals surface area contributed by atoms with Crippen molar-refractivity contribution in [3.8, 4) is 0 Å². The van der Waals surface area contributed by atoms with Gasteiger partial charge in [-0.15, -0.1) is 0 Å². The molecule has 1 nitrogen and oxygen atoms in total. The molecule has 0 saturated heterocycles. The first-order chi connectivity index (χ1) is 8.38. The Balaban J connectivity index is 2.76. The molecule has 1 rings (SSSR count). The van der Waals surface area contributed by atoms with Crippen molar-refractivity contribution in [2.45, 2.75) is 39.3 Å². The Labute approximate surface area is 105 Å². The Bertz CT molecular complexity index is 388. The second-order valence-electron chi connectivity index (χ2n) is 4.38. The van der Waals surface area contributed by atoms with Crippen LogP contribution in [-0.4, -0.2) is 5.78 Å². The van der Waals surface area contributed by atoms with Gasteiger partial charge in [0.15, 0.2) is 5.78 Å². The fraction of sp³-hybridized carbons (Fsp3) is 0.500. The number of alkyl halides is 3. The third-order valence-corrected chi connectivity index (χ3v) is 3.16. The highest BCUT2D eigenvalue weighted by Gasteiger charge is 2.30. The molecule has 0 fully saturated rings. The molecule has 0 N–H and O–H groups in total. The standard InChI is InChI=1S/C14H17F3O/c1-3-10(4-2)9-13(18)11-5-7-12(8-6-11)14(15,16)17/h5-8,10H,3-4,9H2,1-2H3. The van der Waals surface area contributed by atoms with Crippen LogP contribution in [0.4, 0.5) is 13.2 Å². The minimum Gasteiger partial charge on any atom is -0.294 e. The van der Waals surface area contributed by atoms with E-state index in [9.17, 15) is 18.0 Å². The van der Waals surface area contributed by atoms with Gasteiger partial charge in [0.1, 0.15) is 0 Å². The Hall–Kier alpha value is -1.32. The fourth-order valence-electron chi connectivity index (χ4n) is 1.80. The van der Waals surface area contributed by atoms with E-state index in [0.29, 0.717) is 17.9 Å². The average Bonchev–Trinajstić information content (AvgIpc) is 2.34. The lowest BCUT2D eigenvalue weighted by Gasteiger charge is -2.11. The number of hydrogen-bond donors (Lipinski definition) is 0. The summed E-state index contributed by atoms with van der Waals surface area (Å²) in [6.07, 6.45) is -2.14. The number of benzene rings is 1. The van der Waals surface area contributed by atoms with Gasteiger partial charge in [-0.1, -0.05) is 38.8 Å². The highest BCUT2D eigenvalue weighted by molar-refractivity contribution is 5.96. The molecule has 0 aromatic heterocycles. The Morgan fingerprint density at radius 2 is 1.61 bits per heavy atom. The molecule has 100 valence electrons. The first-order valence-electron chi connectivity index (χ1n) is 6.08. The number of ketones is 1. The van der Waals surface area contributed by atoms with Crippen LogP contribution in [0.2, 0.25) is 0 Å². The Morgan fingerprint density at radius 1 is 1.11 bits per heavy atom. The maximum Gasteiger partial charge on any atom is 0.416 e. The van der Waals surface area contributed by atoms with Crippen LogP contribution >= 0.6 is 0 Å². The zero-order valence-corrected chi connectivity index (χ0v) is 10.6. The van der Waals surface area contributed by atoms with Crippen molar-refractivity contribution < 1.29 is 18.0 Å². The van der Waals surface area contributed by atoms with Gasteiger partial charge >= 0.3 is 6.18 Å². The molecular formula is C14H17F3O. The number of carbonyl (C=O) groups excluding carboxylic acids is 1. The first-order valence-corrected chi connectivity index (χ1v) is 6.08. The van der Waals surface area contributed by atoms with E-state index in [-0.39, 0.29) is 5.78 Å². The topological polar surface area (TPSA) is 17.1 Å². The number of hydrogen-bond acceptors (Lipinski definition) is 1. The van der Waals surface area contributed by atoms with Crippen LogP contribution in [0.3, 0.4) is 0 Å². The lowest BCUT2D eigenvalue weighted by atomic mass is 9.94. The minimum atomic E-state index is -4.35. The highest BCUT2D eigenvalue weighted by Crippen LogP contribution is 2.29. The zero-order valence-electron chi connectivity index (χ0n) is 10.6. The van der Waals surface area contributed by atoms with E-state index in [2.05, 4.69) is 0 Å². The largest absolute Gasteiger partial charge is 0.416 e. The van der Waals surface area contributed by atoms with Crippen LogP contribution in [0, 0.1) is 5.92 Å². The van der Waals surface area contributed by atoms with Crippen molar-refractivity contribution in [2.75, 3.05) is 0 Å². The van der Waals surface area contributed by atoms with Crippen LogP contribution in [0.1, 0.15) is 49.0 Å². The van der Waals surface area contributed by atoms with Gasteiger partial charge in [-0.3, -0.25) is 4.79 Å². The van der Waals surface area contributed by atoms with Crippen LogP contribution in [-0.2, 0) is 6.18 Å². The SMILES string of the molecule is CCC(CC)CC(=O)c1ccc(C(F)(F)F)cc1. The smallest absolute Gasteiger partial charge is 0.294 e. The van der Waals surface area contributed by atoms with Gasteiger partial charge in [-0.05, 0) is 18.1 Å². The zero-order chi connectivity index (χ0) is 13.8. The summed E-state index contributed by atoms with van der Waals surface area (Å²) in [5.41, 5.74) is -0.364.